The molecule has 1 fully saturated rings. The van der Waals surface area contributed by atoms with Gasteiger partial charge in [0, 0.05) is 18.7 Å². The van der Waals surface area contributed by atoms with Gasteiger partial charge in [-0.2, -0.15) is 13.2 Å². The van der Waals surface area contributed by atoms with Gasteiger partial charge in [0.2, 0.25) is 0 Å². The number of piperidine rings is 1. The van der Waals surface area contributed by atoms with Crippen LogP contribution in [-0.4, -0.2) is 30.4 Å². The van der Waals surface area contributed by atoms with Gasteiger partial charge in [0.05, 0.1) is 5.56 Å². The van der Waals surface area contributed by atoms with Gasteiger partial charge in [-0.05, 0) is 43.5 Å². The summed E-state index contributed by atoms with van der Waals surface area (Å²) < 4.78 is 37.9. The molecule has 1 aromatic rings. The summed E-state index contributed by atoms with van der Waals surface area (Å²) >= 11 is 0. The molecule has 0 aromatic heterocycles. The Bertz CT molecular complexity index is 480. The fourth-order valence-electron chi connectivity index (χ4n) is 2.38. The van der Waals surface area contributed by atoms with Gasteiger partial charge >= 0.3 is 6.18 Å². The third-order valence-electron chi connectivity index (χ3n) is 3.67. The van der Waals surface area contributed by atoms with Crippen molar-refractivity contribution < 1.29 is 18.0 Å². The van der Waals surface area contributed by atoms with Crippen molar-refractivity contribution >= 4 is 5.91 Å². The summed E-state index contributed by atoms with van der Waals surface area (Å²) in [5, 5.41) is 0. The number of carbonyl (C=O) groups excluding carboxylic acids is 1. The third kappa shape index (κ3) is 3.30. The van der Waals surface area contributed by atoms with Gasteiger partial charge < -0.3 is 10.6 Å². The highest BCUT2D eigenvalue weighted by Gasteiger charge is 2.31. The van der Waals surface area contributed by atoms with Gasteiger partial charge in [0.1, 0.15) is 0 Å². The Morgan fingerprint density at radius 1 is 1.30 bits per heavy atom. The van der Waals surface area contributed by atoms with E-state index >= 15 is 0 Å². The minimum Gasteiger partial charge on any atom is -0.339 e. The lowest BCUT2D eigenvalue weighted by atomic mass is 9.96. The Balaban J connectivity index is 2.10. The second kappa shape index (κ2) is 5.83. The number of nitrogens with two attached hydrogens (primary N) is 1. The Labute approximate surface area is 115 Å². The number of rotatable bonds is 2. The molecule has 6 heteroatoms. The fraction of sp³-hybridized carbons (Fsp3) is 0.500. The first-order valence-corrected chi connectivity index (χ1v) is 6.58. The zero-order chi connectivity index (χ0) is 14.8. The molecule has 2 rings (SSSR count). The van der Waals surface area contributed by atoms with E-state index in [0.29, 0.717) is 25.6 Å². The first-order chi connectivity index (χ1) is 9.41. The van der Waals surface area contributed by atoms with Gasteiger partial charge in [-0.25, -0.2) is 0 Å². The smallest absolute Gasteiger partial charge is 0.339 e. The molecule has 0 unspecified atom stereocenters. The maximum atomic E-state index is 12.6. The topological polar surface area (TPSA) is 46.3 Å². The zero-order valence-electron chi connectivity index (χ0n) is 11.0. The van der Waals surface area contributed by atoms with Crippen LogP contribution in [0.3, 0.4) is 0 Å². The predicted octanol–water partition coefficient (Wildman–Crippen LogP) is 2.52. The van der Waals surface area contributed by atoms with Crippen LogP contribution >= 0.6 is 0 Å². The van der Waals surface area contributed by atoms with Gasteiger partial charge in [-0.1, -0.05) is 6.07 Å². The zero-order valence-corrected chi connectivity index (χ0v) is 11.0. The van der Waals surface area contributed by atoms with Crippen LogP contribution in [0.25, 0.3) is 0 Å². The van der Waals surface area contributed by atoms with Crippen LogP contribution in [0.5, 0.6) is 0 Å². The molecule has 0 saturated carbocycles. The Hall–Kier alpha value is -1.56. The van der Waals surface area contributed by atoms with Gasteiger partial charge in [-0.3, -0.25) is 4.79 Å². The van der Waals surface area contributed by atoms with Crippen LogP contribution in [0.1, 0.15) is 28.8 Å². The van der Waals surface area contributed by atoms with Crippen LogP contribution in [0.4, 0.5) is 13.2 Å². The van der Waals surface area contributed by atoms with E-state index in [9.17, 15) is 18.0 Å². The summed E-state index contributed by atoms with van der Waals surface area (Å²) in [4.78, 5) is 13.8. The number of amides is 1. The lowest BCUT2D eigenvalue weighted by Crippen LogP contribution is -2.40. The number of likely N-dealkylation sites (tertiary alicyclic amines) is 1. The highest BCUT2D eigenvalue weighted by Crippen LogP contribution is 2.30. The van der Waals surface area contributed by atoms with Crippen molar-refractivity contribution in [2.45, 2.75) is 19.0 Å². The summed E-state index contributed by atoms with van der Waals surface area (Å²) in [7, 11) is 0. The van der Waals surface area contributed by atoms with Gasteiger partial charge in [-0.15, -0.1) is 0 Å². The van der Waals surface area contributed by atoms with Crippen molar-refractivity contribution in [3.8, 4) is 0 Å². The van der Waals surface area contributed by atoms with Crippen LogP contribution in [0.15, 0.2) is 24.3 Å². The summed E-state index contributed by atoms with van der Waals surface area (Å²) in [6.07, 6.45) is -2.81. The average Bonchev–Trinajstić information content (AvgIpc) is 2.46. The highest BCUT2D eigenvalue weighted by molar-refractivity contribution is 5.94. The van der Waals surface area contributed by atoms with Crippen LogP contribution < -0.4 is 5.73 Å². The second-order valence-corrected chi connectivity index (χ2v) is 5.05. The van der Waals surface area contributed by atoms with E-state index < -0.39 is 11.7 Å². The lowest BCUT2D eigenvalue weighted by Gasteiger charge is -2.31. The molecule has 1 heterocycles. The van der Waals surface area contributed by atoms with Crippen LogP contribution in [-0.2, 0) is 6.18 Å². The largest absolute Gasteiger partial charge is 0.416 e. The molecule has 0 aliphatic carbocycles. The van der Waals surface area contributed by atoms with E-state index in [4.69, 9.17) is 5.73 Å². The predicted molar refractivity (Wildman–Crippen MR) is 69.1 cm³/mol. The van der Waals surface area contributed by atoms with Crippen molar-refractivity contribution in [2.24, 2.45) is 11.7 Å². The molecule has 1 amide bonds. The van der Waals surface area contributed by atoms with E-state index in [1.807, 2.05) is 0 Å². The number of nitrogens with zero attached hydrogens (tertiary/aromatic N) is 1. The number of alkyl halides is 3. The first kappa shape index (κ1) is 14.8. The van der Waals surface area contributed by atoms with E-state index in [1.165, 1.54) is 12.1 Å². The molecule has 0 radical (unpaired) electrons. The van der Waals surface area contributed by atoms with Crippen LogP contribution in [0, 0.1) is 5.92 Å². The molecule has 1 aliphatic rings. The van der Waals surface area contributed by atoms with E-state index in [-0.39, 0.29) is 11.5 Å². The molecule has 0 spiro atoms. The Morgan fingerprint density at radius 3 is 2.50 bits per heavy atom. The highest BCUT2D eigenvalue weighted by atomic mass is 19.4. The molecule has 3 nitrogen and oxygen atoms in total. The van der Waals surface area contributed by atoms with Crippen molar-refractivity contribution in [3.63, 3.8) is 0 Å². The minimum absolute atomic E-state index is 0.0889. The molecule has 1 aromatic carbocycles. The van der Waals surface area contributed by atoms with Gasteiger partial charge in [0.25, 0.3) is 5.91 Å². The SMILES string of the molecule is NCC1CCN(C(=O)c2cccc(C(F)(F)F)c2)CC1. The van der Waals surface area contributed by atoms with Crippen molar-refractivity contribution in [3.05, 3.63) is 35.4 Å². The standard InChI is InChI=1S/C14H17F3N2O/c15-14(16,17)12-3-1-2-11(8-12)13(20)19-6-4-10(9-18)5-7-19/h1-3,8,10H,4-7,9,18H2. The van der Waals surface area contributed by atoms with Crippen LogP contribution in [0.2, 0.25) is 0 Å². The number of benzene rings is 1. The molecule has 0 bridgehead atoms. The molecule has 1 saturated heterocycles. The minimum atomic E-state index is -4.43. The molecule has 2 N–H and O–H groups in total. The van der Waals surface area contributed by atoms with E-state index in [1.54, 1.807) is 4.90 Å². The van der Waals surface area contributed by atoms with E-state index in [2.05, 4.69) is 0 Å². The fourth-order valence-corrected chi connectivity index (χ4v) is 2.38. The molecular weight excluding hydrogens is 269 g/mol. The second-order valence-electron chi connectivity index (χ2n) is 5.05. The maximum absolute atomic E-state index is 12.6. The Morgan fingerprint density at radius 2 is 1.95 bits per heavy atom. The average molecular weight is 286 g/mol. The molecule has 110 valence electrons. The van der Waals surface area contributed by atoms with Crippen molar-refractivity contribution in [1.29, 1.82) is 0 Å². The summed E-state index contributed by atoms with van der Waals surface area (Å²) in [6.45, 7) is 1.69. The summed E-state index contributed by atoms with van der Waals surface area (Å²) in [6, 6.07) is 4.57. The molecule has 0 atom stereocenters. The summed E-state index contributed by atoms with van der Waals surface area (Å²) in [5.74, 6) is 0.0622. The van der Waals surface area contributed by atoms with E-state index in [0.717, 1.165) is 25.0 Å². The number of hydrogen-bond donors (Lipinski definition) is 1. The normalized spacial score (nSPS) is 17.3. The number of halogens is 3. The number of hydrogen-bond acceptors (Lipinski definition) is 2. The first-order valence-electron chi connectivity index (χ1n) is 6.58. The van der Waals surface area contributed by atoms with Gasteiger partial charge in [0.15, 0.2) is 0 Å². The maximum Gasteiger partial charge on any atom is 0.416 e. The lowest BCUT2D eigenvalue weighted by molar-refractivity contribution is -0.137. The quantitative estimate of drug-likeness (QED) is 0.908. The molecular formula is C14H17F3N2O. The molecule has 20 heavy (non-hydrogen) atoms. The monoisotopic (exact) mass is 286 g/mol. The number of carbonyl (C=O) groups is 1. The Kier molecular flexibility index (Phi) is 4.32. The molecule has 1 aliphatic heterocycles. The van der Waals surface area contributed by atoms with Crippen molar-refractivity contribution in [2.75, 3.05) is 19.6 Å². The van der Waals surface area contributed by atoms with Crippen molar-refractivity contribution in [1.82, 2.24) is 4.90 Å². The third-order valence-corrected chi connectivity index (χ3v) is 3.67. The summed E-state index contributed by atoms with van der Waals surface area (Å²) in [5.41, 5.74) is 4.87.